The van der Waals surface area contributed by atoms with E-state index in [9.17, 15) is 10.2 Å². The molecule has 3 N–H and O–H groups in total. The van der Waals surface area contributed by atoms with Gasteiger partial charge in [-0.25, -0.2) is 4.98 Å². The number of nitrogens with one attached hydrogen (secondary N) is 1. The van der Waals surface area contributed by atoms with Gasteiger partial charge in [-0.15, -0.1) is 0 Å². The Morgan fingerprint density at radius 1 is 1.37 bits per heavy atom. The number of aliphatic hydroxyl groups excluding tert-OH is 1. The van der Waals surface area contributed by atoms with Crippen molar-refractivity contribution in [3.63, 3.8) is 0 Å². The van der Waals surface area contributed by atoms with E-state index in [0.717, 1.165) is 0 Å². The van der Waals surface area contributed by atoms with Gasteiger partial charge in [0.1, 0.15) is 16.7 Å². The summed E-state index contributed by atoms with van der Waals surface area (Å²) in [5.41, 5.74) is 1.71. The molecule has 0 aliphatic carbocycles. The third-order valence-electron chi connectivity index (χ3n) is 2.76. The van der Waals surface area contributed by atoms with Crippen molar-refractivity contribution in [1.82, 2.24) is 9.97 Å². The van der Waals surface area contributed by atoms with Crippen molar-refractivity contribution in [2.45, 2.75) is 20.1 Å². The van der Waals surface area contributed by atoms with Crippen LogP contribution >= 0.6 is 11.6 Å². The summed E-state index contributed by atoms with van der Waals surface area (Å²) < 4.78 is 0. The highest BCUT2D eigenvalue weighted by Gasteiger charge is 2.11. The van der Waals surface area contributed by atoms with Gasteiger partial charge in [0.2, 0.25) is 0 Å². The Labute approximate surface area is 115 Å². The zero-order chi connectivity index (χ0) is 13.8. The molecule has 0 aromatic carbocycles. The molecule has 0 spiro atoms. The van der Waals surface area contributed by atoms with Gasteiger partial charge in [0.25, 0.3) is 0 Å². The second-order valence-electron chi connectivity index (χ2n) is 4.05. The monoisotopic (exact) mass is 279 g/mol. The molecule has 0 aliphatic rings. The number of halogens is 1. The van der Waals surface area contributed by atoms with E-state index in [1.807, 2.05) is 0 Å². The molecule has 0 amide bonds. The summed E-state index contributed by atoms with van der Waals surface area (Å²) in [6.45, 7) is 1.86. The van der Waals surface area contributed by atoms with Crippen molar-refractivity contribution in [2.24, 2.45) is 0 Å². The highest BCUT2D eigenvalue weighted by Crippen LogP contribution is 2.24. The lowest BCUT2D eigenvalue weighted by atomic mass is 10.1. The van der Waals surface area contributed by atoms with Crippen LogP contribution in [0.5, 0.6) is 5.75 Å². The predicted molar refractivity (Wildman–Crippen MR) is 73.1 cm³/mol. The number of hydrogen-bond donors (Lipinski definition) is 3. The zero-order valence-electron chi connectivity index (χ0n) is 10.4. The number of aryl methyl sites for hydroxylation is 1. The summed E-state index contributed by atoms with van der Waals surface area (Å²) in [7, 11) is 0. The van der Waals surface area contributed by atoms with Gasteiger partial charge in [-0.2, -0.15) is 0 Å². The SMILES string of the molecule is Cc1ncc(CO)c(CNc2cccc(Cl)n2)c1O. The molecule has 2 aromatic rings. The first-order chi connectivity index (χ1) is 9.11. The van der Waals surface area contributed by atoms with Crippen molar-refractivity contribution in [3.05, 3.63) is 46.4 Å². The van der Waals surface area contributed by atoms with E-state index < -0.39 is 0 Å². The molecule has 0 atom stereocenters. The van der Waals surface area contributed by atoms with Gasteiger partial charge in [-0.1, -0.05) is 17.7 Å². The van der Waals surface area contributed by atoms with Crippen LogP contribution in [0.4, 0.5) is 5.82 Å². The molecule has 100 valence electrons. The number of aromatic hydroxyl groups is 1. The van der Waals surface area contributed by atoms with Crippen LogP contribution in [0, 0.1) is 6.92 Å². The largest absolute Gasteiger partial charge is 0.506 e. The zero-order valence-corrected chi connectivity index (χ0v) is 11.1. The average molecular weight is 280 g/mol. The van der Waals surface area contributed by atoms with Gasteiger partial charge in [0.15, 0.2) is 0 Å². The first-order valence-corrected chi connectivity index (χ1v) is 6.13. The Balaban J connectivity index is 2.21. The maximum atomic E-state index is 9.98. The lowest BCUT2D eigenvalue weighted by Gasteiger charge is -2.12. The molecule has 2 rings (SSSR count). The van der Waals surface area contributed by atoms with Crippen LogP contribution in [-0.2, 0) is 13.2 Å². The van der Waals surface area contributed by atoms with Crippen LogP contribution in [0.25, 0.3) is 0 Å². The molecule has 6 heteroatoms. The second kappa shape index (κ2) is 5.86. The number of nitrogens with zero attached hydrogens (tertiary/aromatic N) is 2. The van der Waals surface area contributed by atoms with Gasteiger partial charge in [0, 0.05) is 23.9 Å². The van der Waals surface area contributed by atoms with E-state index in [1.54, 1.807) is 31.3 Å². The quantitative estimate of drug-likeness (QED) is 0.748. The maximum absolute atomic E-state index is 9.98. The summed E-state index contributed by atoms with van der Waals surface area (Å²) in [6, 6.07) is 5.23. The maximum Gasteiger partial charge on any atom is 0.142 e. The minimum Gasteiger partial charge on any atom is -0.506 e. The number of aromatic nitrogens is 2. The van der Waals surface area contributed by atoms with E-state index in [2.05, 4.69) is 15.3 Å². The Hall–Kier alpha value is -1.85. The van der Waals surface area contributed by atoms with Gasteiger partial charge < -0.3 is 15.5 Å². The van der Waals surface area contributed by atoms with Crippen LogP contribution in [0.1, 0.15) is 16.8 Å². The Morgan fingerprint density at radius 2 is 2.16 bits per heavy atom. The highest BCUT2D eigenvalue weighted by molar-refractivity contribution is 6.29. The molecule has 5 nitrogen and oxygen atoms in total. The number of hydrogen-bond acceptors (Lipinski definition) is 5. The molecular formula is C13H14ClN3O2. The Kier molecular flexibility index (Phi) is 4.19. The molecule has 0 bridgehead atoms. The lowest BCUT2D eigenvalue weighted by molar-refractivity contribution is 0.279. The topological polar surface area (TPSA) is 78.3 Å². The van der Waals surface area contributed by atoms with E-state index in [4.69, 9.17) is 11.6 Å². The second-order valence-corrected chi connectivity index (χ2v) is 4.44. The molecule has 0 radical (unpaired) electrons. The van der Waals surface area contributed by atoms with Crippen molar-refractivity contribution < 1.29 is 10.2 Å². The summed E-state index contributed by atoms with van der Waals surface area (Å²) in [5.74, 6) is 0.686. The summed E-state index contributed by atoms with van der Waals surface area (Å²) in [5, 5.41) is 22.7. The molecule has 19 heavy (non-hydrogen) atoms. The van der Waals surface area contributed by atoms with Crippen LogP contribution < -0.4 is 5.32 Å². The van der Waals surface area contributed by atoms with Gasteiger partial charge in [0.05, 0.1) is 12.3 Å². The van der Waals surface area contributed by atoms with Crippen molar-refractivity contribution >= 4 is 17.4 Å². The Morgan fingerprint density at radius 3 is 2.84 bits per heavy atom. The van der Waals surface area contributed by atoms with Gasteiger partial charge in [-0.3, -0.25) is 4.98 Å². The van der Waals surface area contributed by atoms with Crippen LogP contribution in [0.15, 0.2) is 24.4 Å². The smallest absolute Gasteiger partial charge is 0.142 e. The first kappa shape index (κ1) is 13.6. The summed E-state index contributed by atoms with van der Waals surface area (Å²) in [4.78, 5) is 8.10. The molecule has 0 fully saturated rings. The summed E-state index contributed by atoms with van der Waals surface area (Å²) >= 11 is 5.79. The normalized spacial score (nSPS) is 10.5. The van der Waals surface area contributed by atoms with Crippen LogP contribution in [0.2, 0.25) is 5.15 Å². The highest BCUT2D eigenvalue weighted by atomic mass is 35.5. The van der Waals surface area contributed by atoms with Crippen LogP contribution in [-0.4, -0.2) is 20.2 Å². The molecule has 2 heterocycles. The minimum atomic E-state index is -0.180. The van der Waals surface area contributed by atoms with Gasteiger partial charge >= 0.3 is 0 Å². The number of pyridine rings is 2. The minimum absolute atomic E-state index is 0.0843. The van der Waals surface area contributed by atoms with E-state index in [0.29, 0.717) is 34.3 Å². The van der Waals surface area contributed by atoms with Crippen molar-refractivity contribution in [3.8, 4) is 5.75 Å². The summed E-state index contributed by atoms with van der Waals surface area (Å²) in [6.07, 6.45) is 1.55. The lowest BCUT2D eigenvalue weighted by Crippen LogP contribution is -2.06. The Bertz CT molecular complexity index is 590. The molecule has 0 aliphatic heterocycles. The molecule has 0 saturated heterocycles. The molecule has 2 aromatic heterocycles. The van der Waals surface area contributed by atoms with Crippen molar-refractivity contribution in [2.75, 3.05) is 5.32 Å². The first-order valence-electron chi connectivity index (χ1n) is 5.75. The number of anilines is 1. The molecular weight excluding hydrogens is 266 g/mol. The fraction of sp³-hybridized carbons (Fsp3) is 0.231. The van der Waals surface area contributed by atoms with Crippen LogP contribution in [0.3, 0.4) is 0 Å². The molecule has 0 unspecified atom stereocenters. The van der Waals surface area contributed by atoms with E-state index in [1.165, 1.54) is 0 Å². The predicted octanol–water partition coefficient (Wildman–Crippen LogP) is 2.25. The number of rotatable bonds is 4. The fourth-order valence-electron chi connectivity index (χ4n) is 1.70. The van der Waals surface area contributed by atoms with Crippen molar-refractivity contribution in [1.29, 1.82) is 0 Å². The van der Waals surface area contributed by atoms with E-state index >= 15 is 0 Å². The third kappa shape index (κ3) is 3.13. The van der Waals surface area contributed by atoms with E-state index in [-0.39, 0.29) is 12.4 Å². The number of aliphatic hydroxyl groups is 1. The average Bonchev–Trinajstić information content (AvgIpc) is 2.40. The standard InChI is InChI=1S/C13H14ClN3O2/c1-8-13(19)10(9(7-18)5-15-8)6-16-12-4-2-3-11(14)17-12/h2-5,18-19H,6-7H2,1H3,(H,16,17). The van der Waals surface area contributed by atoms with Gasteiger partial charge in [-0.05, 0) is 19.1 Å². The fourth-order valence-corrected chi connectivity index (χ4v) is 1.87. The third-order valence-corrected chi connectivity index (χ3v) is 2.97. The molecule has 0 saturated carbocycles.